The first-order valence-electron chi connectivity index (χ1n) is 11.1. The van der Waals surface area contributed by atoms with Crippen LogP contribution in [0, 0.1) is 0 Å². The average molecular weight is 545 g/mol. The zero-order valence-electron chi connectivity index (χ0n) is 19.4. The molecule has 0 aliphatic carbocycles. The van der Waals surface area contributed by atoms with E-state index in [0.717, 1.165) is 11.0 Å². The zero-order valence-corrected chi connectivity index (χ0v) is 19.4. The van der Waals surface area contributed by atoms with Gasteiger partial charge in [0, 0.05) is 12.0 Å². The summed E-state index contributed by atoms with van der Waals surface area (Å²) >= 11 is 0. The summed E-state index contributed by atoms with van der Waals surface area (Å²) in [5.41, 5.74) is -6.26. The molecule has 1 aliphatic rings. The maximum Gasteiger partial charge on any atom is 0.416 e. The molecule has 0 bridgehead atoms. The molecule has 3 rings (SSSR count). The third-order valence-corrected chi connectivity index (χ3v) is 6.12. The van der Waals surface area contributed by atoms with E-state index in [0.29, 0.717) is 12.1 Å². The van der Waals surface area contributed by atoms with Gasteiger partial charge in [0.25, 0.3) is 0 Å². The topological polar surface area (TPSA) is 29.5 Å². The molecule has 0 saturated carbocycles. The number of hydrogen-bond donors (Lipinski definition) is 0. The van der Waals surface area contributed by atoms with E-state index in [9.17, 15) is 44.3 Å². The first kappa shape index (κ1) is 28.6. The van der Waals surface area contributed by atoms with Gasteiger partial charge in [0.05, 0.1) is 29.0 Å². The predicted molar refractivity (Wildman–Crippen MR) is 113 cm³/mol. The van der Waals surface area contributed by atoms with E-state index in [1.165, 1.54) is 6.92 Å². The highest BCUT2D eigenvalue weighted by atomic mass is 19.4. The van der Waals surface area contributed by atoms with Crippen LogP contribution in [0.25, 0.3) is 0 Å². The van der Waals surface area contributed by atoms with Crippen LogP contribution < -0.4 is 4.90 Å². The molecular formula is C24H21F10NO2. The first-order chi connectivity index (χ1) is 17.0. The van der Waals surface area contributed by atoms with Crippen LogP contribution in [0.15, 0.2) is 36.4 Å². The number of alkyl halides is 10. The average Bonchev–Trinajstić information content (AvgIpc) is 2.80. The Labute approximate surface area is 205 Å². The van der Waals surface area contributed by atoms with E-state index in [-0.39, 0.29) is 48.9 Å². The molecule has 1 amide bonds. The summed E-state index contributed by atoms with van der Waals surface area (Å²) < 4.78 is 141. The van der Waals surface area contributed by atoms with Crippen LogP contribution in [0.3, 0.4) is 0 Å². The smallest absolute Gasteiger partial charge is 0.416 e. The number of ether oxygens (including phenoxy) is 1. The van der Waals surface area contributed by atoms with Crippen molar-refractivity contribution >= 4 is 11.8 Å². The highest BCUT2D eigenvalue weighted by Gasteiger charge is 2.44. The number of hydrogen-bond acceptors (Lipinski definition) is 2. The van der Waals surface area contributed by atoms with Crippen LogP contribution in [0.1, 0.15) is 66.6 Å². The molecule has 37 heavy (non-hydrogen) atoms. The van der Waals surface area contributed by atoms with Gasteiger partial charge in [0.2, 0.25) is 0 Å². The quantitative estimate of drug-likeness (QED) is 0.360. The van der Waals surface area contributed by atoms with Gasteiger partial charge in [0.1, 0.15) is 6.17 Å². The minimum absolute atomic E-state index is 0.0820. The molecule has 0 spiro atoms. The Morgan fingerprint density at radius 3 is 1.89 bits per heavy atom. The Bertz CT molecular complexity index is 1110. The molecule has 204 valence electrons. The van der Waals surface area contributed by atoms with Gasteiger partial charge in [-0.15, -0.1) is 0 Å². The number of rotatable bonds is 4. The summed E-state index contributed by atoms with van der Waals surface area (Å²) in [6.07, 6.45) is -19.1. The van der Waals surface area contributed by atoms with Crippen molar-refractivity contribution in [2.24, 2.45) is 0 Å². The van der Waals surface area contributed by atoms with Gasteiger partial charge in [-0.25, -0.2) is 9.18 Å². The van der Waals surface area contributed by atoms with Crippen molar-refractivity contribution in [2.75, 3.05) is 11.5 Å². The number of benzene rings is 2. The van der Waals surface area contributed by atoms with Crippen molar-refractivity contribution in [2.45, 2.75) is 63.3 Å². The van der Waals surface area contributed by atoms with Crippen molar-refractivity contribution < 1.29 is 53.4 Å². The van der Waals surface area contributed by atoms with E-state index in [1.807, 2.05) is 0 Å². The van der Waals surface area contributed by atoms with E-state index in [2.05, 4.69) is 0 Å². The third-order valence-electron chi connectivity index (χ3n) is 6.12. The Morgan fingerprint density at radius 1 is 0.892 bits per heavy atom. The standard InChI is InChI=1S/C24H21F10NO2/c1-3-16-11-18(20(25)12-7-14(23(29,30)31)9-15(8-12)24(32,33)34)17-10-13(22(26,27)28)5-6-19(17)35(16)21(36)37-4-2/h5-10,16,18,20H,3-4,11H2,1-2H3/t16-,18-,20-/m1/s1. The van der Waals surface area contributed by atoms with Crippen LogP contribution in [0.5, 0.6) is 0 Å². The molecule has 2 aromatic rings. The number of carbonyl (C=O) groups excluding carboxylic acids is 1. The van der Waals surface area contributed by atoms with E-state index in [4.69, 9.17) is 4.74 Å². The summed E-state index contributed by atoms with van der Waals surface area (Å²) in [6, 6.07) is 1.55. The SMILES string of the molecule is CCOC(=O)N1c2ccc(C(F)(F)F)cc2[C@H]([C@H](F)c2cc(C(F)(F)F)cc(C(F)(F)F)c2)C[C@H]1CC. The second kappa shape index (κ2) is 10.1. The molecule has 3 atom stereocenters. The van der Waals surface area contributed by atoms with Crippen LogP contribution in [0.4, 0.5) is 54.4 Å². The summed E-state index contributed by atoms with van der Waals surface area (Å²) in [4.78, 5) is 13.6. The summed E-state index contributed by atoms with van der Waals surface area (Å²) in [6.45, 7) is 2.99. The molecule has 0 unspecified atom stereocenters. The van der Waals surface area contributed by atoms with Crippen LogP contribution >= 0.6 is 0 Å². The van der Waals surface area contributed by atoms with Crippen LogP contribution in [-0.2, 0) is 23.3 Å². The fourth-order valence-corrected chi connectivity index (χ4v) is 4.41. The van der Waals surface area contributed by atoms with E-state index < -0.39 is 65.0 Å². The number of fused-ring (bicyclic) bond motifs is 1. The second-order valence-corrected chi connectivity index (χ2v) is 8.49. The molecule has 1 aliphatic heterocycles. The summed E-state index contributed by atoms with van der Waals surface area (Å²) in [5, 5.41) is 0. The third kappa shape index (κ3) is 5.96. The molecule has 0 N–H and O–H groups in total. The lowest BCUT2D eigenvalue weighted by Gasteiger charge is -2.41. The molecular weight excluding hydrogens is 524 g/mol. The maximum atomic E-state index is 15.9. The van der Waals surface area contributed by atoms with Crippen LogP contribution in [0.2, 0.25) is 0 Å². The van der Waals surface area contributed by atoms with Crippen molar-refractivity contribution in [3.63, 3.8) is 0 Å². The second-order valence-electron chi connectivity index (χ2n) is 8.49. The fraction of sp³-hybridized carbons (Fsp3) is 0.458. The minimum Gasteiger partial charge on any atom is -0.449 e. The molecule has 0 saturated heterocycles. The van der Waals surface area contributed by atoms with Crippen molar-refractivity contribution in [3.05, 3.63) is 64.2 Å². The van der Waals surface area contributed by atoms with E-state index >= 15 is 4.39 Å². The van der Waals surface area contributed by atoms with Crippen molar-refractivity contribution in [3.8, 4) is 0 Å². The normalized spacial score (nSPS) is 19.4. The minimum atomic E-state index is -5.24. The number of nitrogens with zero attached hydrogens (tertiary/aromatic N) is 1. The molecule has 1 heterocycles. The van der Waals surface area contributed by atoms with Gasteiger partial charge in [-0.3, -0.25) is 4.90 Å². The molecule has 13 heteroatoms. The van der Waals surface area contributed by atoms with Gasteiger partial charge in [-0.2, -0.15) is 39.5 Å². The summed E-state index contributed by atoms with van der Waals surface area (Å²) in [5.74, 6) is -1.59. The Hall–Kier alpha value is -2.99. The predicted octanol–water partition coefficient (Wildman–Crippen LogP) is 8.68. The fourth-order valence-electron chi connectivity index (χ4n) is 4.41. The number of carbonyl (C=O) groups is 1. The first-order valence-corrected chi connectivity index (χ1v) is 11.1. The lowest BCUT2D eigenvalue weighted by atomic mass is 9.79. The van der Waals surface area contributed by atoms with Gasteiger partial charge in [-0.05, 0) is 67.3 Å². The van der Waals surface area contributed by atoms with Gasteiger partial charge < -0.3 is 4.74 Å². The largest absolute Gasteiger partial charge is 0.449 e. The van der Waals surface area contributed by atoms with Gasteiger partial charge in [-0.1, -0.05) is 6.92 Å². The molecule has 3 nitrogen and oxygen atoms in total. The van der Waals surface area contributed by atoms with E-state index in [1.54, 1.807) is 6.92 Å². The number of amides is 1. The maximum absolute atomic E-state index is 15.9. The Morgan fingerprint density at radius 2 is 1.43 bits per heavy atom. The molecule has 0 aromatic heterocycles. The monoisotopic (exact) mass is 545 g/mol. The number of anilines is 1. The lowest BCUT2D eigenvalue weighted by molar-refractivity contribution is -0.143. The van der Waals surface area contributed by atoms with Crippen LogP contribution in [-0.4, -0.2) is 18.7 Å². The van der Waals surface area contributed by atoms with Gasteiger partial charge >= 0.3 is 24.6 Å². The highest BCUT2D eigenvalue weighted by Crippen LogP contribution is 2.50. The lowest BCUT2D eigenvalue weighted by Crippen LogP contribution is -2.45. The van der Waals surface area contributed by atoms with Gasteiger partial charge in [0.15, 0.2) is 0 Å². The molecule has 0 radical (unpaired) electrons. The molecule has 0 fully saturated rings. The Balaban J connectivity index is 2.22. The number of halogens is 10. The highest BCUT2D eigenvalue weighted by molar-refractivity contribution is 5.90. The zero-order chi connectivity index (χ0) is 27.9. The summed E-state index contributed by atoms with van der Waals surface area (Å²) in [7, 11) is 0. The molecule has 2 aromatic carbocycles. The van der Waals surface area contributed by atoms with Crippen molar-refractivity contribution in [1.29, 1.82) is 0 Å². The van der Waals surface area contributed by atoms with Crippen molar-refractivity contribution in [1.82, 2.24) is 0 Å². The Kier molecular flexibility index (Phi) is 7.76.